The molecule has 0 spiro atoms. The maximum absolute atomic E-state index is 6.38. The minimum atomic E-state index is 0.820. The van der Waals surface area contributed by atoms with Crippen LogP contribution in [0, 0.1) is 27.7 Å². The average Bonchev–Trinajstić information content (AvgIpc) is 2.30. The molecule has 0 fully saturated rings. The van der Waals surface area contributed by atoms with E-state index in [2.05, 4.69) is 48.9 Å². The van der Waals surface area contributed by atoms with Gasteiger partial charge >= 0.3 is 5.65 Å². The van der Waals surface area contributed by atoms with Gasteiger partial charge in [0.1, 0.15) is 11.2 Å². The summed E-state index contributed by atoms with van der Waals surface area (Å²) in [4.78, 5) is 8.01. The van der Waals surface area contributed by atoms with Crippen molar-refractivity contribution in [3.8, 4) is 0 Å². The van der Waals surface area contributed by atoms with E-state index in [0.717, 1.165) is 38.9 Å². The van der Waals surface area contributed by atoms with Gasteiger partial charge < -0.3 is 5.73 Å². The highest BCUT2D eigenvalue weighted by molar-refractivity contribution is 6.04. The number of pyridine rings is 2. The number of nitrogens with two attached hydrogens (primary N) is 1. The predicted molar refractivity (Wildman–Crippen MR) is 79.2 cm³/mol. The quantitative estimate of drug-likeness (QED) is 0.625. The molecule has 0 aliphatic heterocycles. The number of aryl methyl sites for hydroxylation is 4. The van der Waals surface area contributed by atoms with Crippen molar-refractivity contribution in [1.82, 2.24) is 4.98 Å². The number of nitrogen functional groups attached to an aromatic ring is 1. The highest BCUT2D eigenvalue weighted by Crippen LogP contribution is 2.29. The summed E-state index contributed by atoms with van der Waals surface area (Å²) in [6.07, 6.45) is 0. The normalized spacial score (nSPS) is 11.4. The molecule has 3 rings (SSSR count). The molecule has 0 atom stereocenters. The SMILES string of the molecule is Cc1cc(C)c2[nH+]c3nc(C)cc(C)c3c(N)c2c1. The molecule has 19 heavy (non-hydrogen) atoms. The number of nitrogens with zero attached hydrogens (tertiary/aromatic N) is 1. The smallest absolute Gasteiger partial charge is 0.331 e. The number of H-pyrrole nitrogens is 1. The second-order valence-corrected chi connectivity index (χ2v) is 5.35. The summed E-state index contributed by atoms with van der Waals surface area (Å²) in [5.41, 5.74) is 13.7. The van der Waals surface area contributed by atoms with E-state index in [1.165, 1.54) is 11.1 Å². The lowest BCUT2D eigenvalue weighted by Gasteiger charge is -2.08. The van der Waals surface area contributed by atoms with Crippen LogP contribution < -0.4 is 10.7 Å². The molecule has 3 nitrogen and oxygen atoms in total. The lowest BCUT2D eigenvalue weighted by Crippen LogP contribution is -2.12. The second-order valence-electron chi connectivity index (χ2n) is 5.35. The summed E-state index contributed by atoms with van der Waals surface area (Å²) in [6.45, 7) is 8.27. The highest BCUT2D eigenvalue weighted by atomic mass is 14.9. The van der Waals surface area contributed by atoms with Gasteiger partial charge in [0.15, 0.2) is 0 Å². The van der Waals surface area contributed by atoms with Crippen LogP contribution in [-0.4, -0.2) is 4.98 Å². The van der Waals surface area contributed by atoms with E-state index in [1.54, 1.807) is 0 Å². The monoisotopic (exact) mass is 252 g/mol. The van der Waals surface area contributed by atoms with E-state index in [9.17, 15) is 0 Å². The van der Waals surface area contributed by atoms with Crippen molar-refractivity contribution in [3.05, 3.63) is 40.6 Å². The number of hydrogen-bond donors (Lipinski definition) is 1. The molecule has 0 saturated heterocycles. The van der Waals surface area contributed by atoms with Crippen molar-refractivity contribution in [1.29, 1.82) is 0 Å². The van der Waals surface area contributed by atoms with Gasteiger partial charge in [0.05, 0.1) is 11.1 Å². The van der Waals surface area contributed by atoms with E-state index in [0.29, 0.717) is 0 Å². The molecular formula is C16H18N3+. The lowest BCUT2D eigenvalue weighted by atomic mass is 10.0. The van der Waals surface area contributed by atoms with Gasteiger partial charge in [-0.1, -0.05) is 6.07 Å². The van der Waals surface area contributed by atoms with Crippen molar-refractivity contribution in [2.45, 2.75) is 27.7 Å². The maximum atomic E-state index is 6.38. The number of aromatic nitrogens is 2. The van der Waals surface area contributed by atoms with Crippen molar-refractivity contribution in [2.75, 3.05) is 5.73 Å². The third kappa shape index (κ3) is 1.73. The number of aromatic amines is 1. The molecule has 0 unspecified atom stereocenters. The Morgan fingerprint density at radius 2 is 1.74 bits per heavy atom. The topological polar surface area (TPSA) is 53.0 Å². The lowest BCUT2D eigenvalue weighted by molar-refractivity contribution is -0.313. The van der Waals surface area contributed by atoms with Gasteiger partial charge in [-0.2, -0.15) is 0 Å². The van der Waals surface area contributed by atoms with Gasteiger partial charge in [-0.25, -0.2) is 4.98 Å². The van der Waals surface area contributed by atoms with Crippen molar-refractivity contribution < 1.29 is 4.98 Å². The number of benzene rings is 1. The zero-order valence-electron chi connectivity index (χ0n) is 11.8. The number of fused-ring (bicyclic) bond motifs is 2. The molecular weight excluding hydrogens is 234 g/mol. The summed E-state index contributed by atoms with van der Waals surface area (Å²) in [5, 5.41) is 2.11. The Balaban J connectivity index is 2.60. The molecule has 3 heteroatoms. The van der Waals surface area contributed by atoms with Crippen LogP contribution in [0.4, 0.5) is 5.69 Å². The second kappa shape index (κ2) is 3.92. The zero-order valence-corrected chi connectivity index (χ0v) is 11.8. The Morgan fingerprint density at radius 1 is 1.00 bits per heavy atom. The third-order valence-corrected chi connectivity index (χ3v) is 3.63. The van der Waals surface area contributed by atoms with Crippen LogP contribution in [0.2, 0.25) is 0 Å². The van der Waals surface area contributed by atoms with Gasteiger partial charge in [-0.15, -0.1) is 0 Å². The van der Waals surface area contributed by atoms with Gasteiger partial charge in [-0.05, 0) is 54.6 Å². The molecule has 0 amide bonds. The highest BCUT2D eigenvalue weighted by Gasteiger charge is 2.17. The van der Waals surface area contributed by atoms with E-state index < -0.39 is 0 Å². The average molecular weight is 252 g/mol. The molecule has 2 aromatic heterocycles. The fourth-order valence-electron chi connectivity index (χ4n) is 2.87. The molecule has 0 saturated carbocycles. The van der Waals surface area contributed by atoms with E-state index in [1.807, 2.05) is 6.92 Å². The van der Waals surface area contributed by atoms with Crippen LogP contribution in [0.5, 0.6) is 0 Å². The molecule has 0 radical (unpaired) electrons. The van der Waals surface area contributed by atoms with Crippen LogP contribution >= 0.6 is 0 Å². The van der Waals surface area contributed by atoms with E-state index in [4.69, 9.17) is 5.73 Å². The van der Waals surface area contributed by atoms with Crippen LogP contribution in [-0.2, 0) is 0 Å². The maximum Gasteiger partial charge on any atom is 0.331 e. The van der Waals surface area contributed by atoms with E-state index >= 15 is 0 Å². The van der Waals surface area contributed by atoms with Crippen molar-refractivity contribution in [2.24, 2.45) is 0 Å². The molecule has 0 bridgehead atoms. The molecule has 0 aliphatic carbocycles. The fraction of sp³-hybridized carbons (Fsp3) is 0.250. The summed E-state index contributed by atoms with van der Waals surface area (Å²) in [6, 6.07) is 6.36. The predicted octanol–water partition coefficient (Wildman–Crippen LogP) is 3.02. The Morgan fingerprint density at radius 3 is 2.47 bits per heavy atom. The molecule has 2 heterocycles. The van der Waals surface area contributed by atoms with Gasteiger partial charge in [-0.3, -0.25) is 0 Å². The first-order valence-electron chi connectivity index (χ1n) is 6.47. The Kier molecular flexibility index (Phi) is 2.45. The van der Waals surface area contributed by atoms with E-state index in [-0.39, 0.29) is 0 Å². The fourth-order valence-corrected chi connectivity index (χ4v) is 2.87. The molecule has 3 N–H and O–H groups in total. The minimum absolute atomic E-state index is 0.820. The molecule has 96 valence electrons. The summed E-state index contributed by atoms with van der Waals surface area (Å²) >= 11 is 0. The third-order valence-electron chi connectivity index (χ3n) is 3.63. The first-order chi connectivity index (χ1) is 8.97. The first-order valence-corrected chi connectivity index (χ1v) is 6.47. The van der Waals surface area contributed by atoms with Crippen molar-refractivity contribution in [3.63, 3.8) is 0 Å². The van der Waals surface area contributed by atoms with Crippen LogP contribution in [0.3, 0.4) is 0 Å². The first kappa shape index (κ1) is 11.9. The van der Waals surface area contributed by atoms with Crippen molar-refractivity contribution >= 4 is 27.6 Å². The Bertz CT molecular complexity index is 819. The molecule has 0 aliphatic rings. The minimum Gasteiger partial charge on any atom is -0.397 e. The molecule has 1 aromatic carbocycles. The standard InChI is InChI=1S/C16H17N3/c1-8-5-10(3)15-12(6-8)14(17)13-9(2)7-11(4)18-16(13)19-15/h5-7H,1-4H3,(H2,17,18,19)/p+1. The number of hydrogen-bond acceptors (Lipinski definition) is 2. The molecule has 3 aromatic rings. The number of anilines is 1. The summed E-state index contributed by atoms with van der Waals surface area (Å²) in [7, 11) is 0. The Labute approximate surface area is 112 Å². The largest absolute Gasteiger partial charge is 0.397 e. The zero-order chi connectivity index (χ0) is 13.7. The van der Waals surface area contributed by atoms with Crippen LogP contribution in [0.15, 0.2) is 18.2 Å². The van der Waals surface area contributed by atoms with Crippen LogP contribution in [0.25, 0.3) is 21.9 Å². The van der Waals surface area contributed by atoms with Gasteiger partial charge in [0.25, 0.3) is 0 Å². The Hall–Kier alpha value is -2.16. The number of nitrogens with one attached hydrogen (secondary N) is 1. The van der Waals surface area contributed by atoms with Crippen LogP contribution in [0.1, 0.15) is 22.4 Å². The summed E-state index contributed by atoms with van der Waals surface area (Å²) in [5.74, 6) is 0. The van der Waals surface area contributed by atoms with Gasteiger partial charge in [0, 0.05) is 12.3 Å². The van der Waals surface area contributed by atoms with Gasteiger partial charge in [0.2, 0.25) is 0 Å². The summed E-state index contributed by atoms with van der Waals surface area (Å²) < 4.78 is 0. The number of rotatable bonds is 0.